The van der Waals surface area contributed by atoms with E-state index < -0.39 is 31.0 Å². The molecule has 5 nitrogen and oxygen atoms in total. The minimum Gasteiger partial charge on any atom is -0.447 e. The molecule has 0 aromatic heterocycles. The Hall–Kier alpha value is -1.98. The SMILES string of the molecule is N#Cc1ccc(N2C(=O)OC[C@@H]2[C@H](O)C(F)(F)F)cc1Cl. The van der Waals surface area contributed by atoms with Crippen LogP contribution in [-0.2, 0) is 4.74 Å². The Kier molecular flexibility index (Phi) is 3.98. The average Bonchev–Trinajstić information content (AvgIpc) is 2.78. The molecule has 1 aliphatic rings. The lowest BCUT2D eigenvalue weighted by atomic mass is 10.1. The van der Waals surface area contributed by atoms with Crippen molar-refractivity contribution in [1.82, 2.24) is 0 Å². The van der Waals surface area contributed by atoms with Crippen LogP contribution in [0.2, 0.25) is 5.02 Å². The Morgan fingerprint density at radius 2 is 2.19 bits per heavy atom. The topological polar surface area (TPSA) is 73.6 Å². The van der Waals surface area contributed by atoms with E-state index in [0.29, 0.717) is 4.90 Å². The molecule has 1 amide bonds. The summed E-state index contributed by atoms with van der Waals surface area (Å²) in [7, 11) is 0. The maximum absolute atomic E-state index is 12.6. The average molecular weight is 321 g/mol. The number of alkyl halides is 3. The number of hydrogen-bond donors (Lipinski definition) is 1. The molecule has 0 unspecified atom stereocenters. The Morgan fingerprint density at radius 1 is 1.52 bits per heavy atom. The largest absolute Gasteiger partial charge is 0.447 e. The number of aliphatic hydroxyl groups is 1. The van der Waals surface area contributed by atoms with E-state index in [1.165, 1.54) is 18.2 Å². The first kappa shape index (κ1) is 15.4. The van der Waals surface area contributed by atoms with E-state index >= 15 is 0 Å². The van der Waals surface area contributed by atoms with Crippen molar-refractivity contribution in [3.05, 3.63) is 28.8 Å². The Bertz CT molecular complexity index is 615. The standard InChI is InChI=1S/C12H8ClF3N2O3/c13-8-3-7(2-1-6(8)4-17)18-9(5-21-11(18)20)10(19)12(14,15)16/h1-3,9-10,19H,5H2/t9-,10+/m1/s1. The van der Waals surface area contributed by atoms with Crippen molar-refractivity contribution < 1.29 is 27.8 Å². The predicted octanol–water partition coefficient (Wildman–Crippen LogP) is 2.46. The van der Waals surface area contributed by atoms with Gasteiger partial charge in [-0.15, -0.1) is 0 Å². The first-order valence-corrected chi connectivity index (χ1v) is 6.04. The number of benzene rings is 1. The number of aliphatic hydroxyl groups excluding tert-OH is 1. The second kappa shape index (κ2) is 5.42. The molecule has 21 heavy (non-hydrogen) atoms. The van der Waals surface area contributed by atoms with E-state index in [4.69, 9.17) is 16.9 Å². The second-order valence-corrected chi connectivity index (χ2v) is 4.68. The van der Waals surface area contributed by atoms with E-state index in [-0.39, 0.29) is 16.3 Å². The zero-order chi connectivity index (χ0) is 15.8. The van der Waals surface area contributed by atoms with Crippen LogP contribution in [-0.4, -0.2) is 36.1 Å². The number of carbonyl (C=O) groups excluding carboxylic acids is 1. The van der Waals surface area contributed by atoms with Gasteiger partial charge in [-0.05, 0) is 18.2 Å². The maximum atomic E-state index is 12.6. The fourth-order valence-electron chi connectivity index (χ4n) is 1.93. The van der Waals surface area contributed by atoms with Crippen LogP contribution in [0.5, 0.6) is 0 Å². The summed E-state index contributed by atoms with van der Waals surface area (Å²) in [5.74, 6) is 0. The van der Waals surface area contributed by atoms with Crippen molar-refractivity contribution in [2.24, 2.45) is 0 Å². The third-order valence-corrected chi connectivity index (χ3v) is 3.27. The van der Waals surface area contributed by atoms with Gasteiger partial charge in [-0.25, -0.2) is 4.79 Å². The number of halogens is 4. The summed E-state index contributed by atoms with van der Waals surface area (Å²) in [4.78, 5) is 12.3. The van der Waals surface area contributed by atoms with Gasteiger partial charge in [0, 0.05) is 5.69 Å². The maximum Gasteiger partial charge on any atom is 0.416 e. The summed E-state index contributed by atoms with van der Waals surface area (Å²) >= 11 is 5.79. The summed E-state index contributed by atoms with van der Waals surface area (Å²) in [6.45, 7) is -0.600. The van der Waals surface area contributed by atoms with Crippen LogP contribution in [0.1, 0.15) is 5.56 Å². The first-order valence-electron chi connectivity index (χ1n) is 5.66. The third-order valence-electron chi connectivity index (χ3n) is 2.96. The van der Waals surface area contributed by atoms with Gasteiger partial charge in [0.1, 0.15) is 18.7 Å². The molecule has 1 aliphatic heterocycles. The van der Waals surface area contributed by atoms with Gasteiger partial charge in [0.2, 0.25) is 0 Å². The Balaban J connectivity index is 2.38. The van der Waals surface area contributed by atoms with Gasteiger partial charge in [0.05, 0.1) is 10.6 Å². The first-order chi connectivity index (χ1) is 9.75. The van der Waals surface area contributed by atoms with Crippen LogP contribution in [0.15, 0.2) is 18.2 Å². The number of rotatable bonds is 2. The number of cyclic esters (lactones) is 1. The van der Waals surface area contributed by atoms with Crippen molar-refractivity contribution in [3.63, 3.8) is 0 Å². The molecule has 1 N–H and O–H groups in total. The highest BCUT2D eigenvalue weighted by Crippen LogP contribution is 2.33. The Labute approximate surface area is 122 Å². The number of nitrogens with zero attached hydrogens (tertiary/aromatic N) is 2. The van der Waals surface area contributed by atoms with Gasteiger partial charge in [0.25, 0.3) is 0 Å². The molecule has 1 heterocycles. The lowest BCUT2D eigenvalue weighted by Crippen LogP contribution is -2.49. The van der Waals surface area contributed by atoms with Crippen LogP contribution >= 0.6 is 11.6 Å². The number of anilines is 1. The van der Waals surface area contributed by atoms with Crippen molar-refractivity contribution in [3.8, 4) is 6.07 Å². The van der Waals surface area contributed by atoms with Crippen LogP contribution in [0, 0.1) is 11.3 Å². The van der Waals surface area contributed by atoms with Crippen molar-refractivity contribution in [1.29, 1.82) is 5.26 Å². The van der Waals surface area contributed by atoms with E-state index in [1.54, 1.807) is 6.07 Å². The summed E-state index contributed by atoms with van der Waals surface area (Å²) < 4.78 is 42.4. The highest BCUT2D eigenvalue weighted by molar-refractivity contribution is 6.32. The highest BCUT2D eigenvalue weighted by atomic mass is 35.5. The normalized spacial score (nSPS) is 20.1. The second-order valence-electron chi connectivity index (χ2n) is 4.28. The smallest absolute Gasteiger partial charge is 0.416 e. The van der Waals surface area contributed by atoms with Gasteiger partial charge in [-0.3, -0.25) is 4.90 Å². The molecule has 0 radical (unpaired) electrons. The van der Waals surface area contributed by atoms with Crippen molar-refractivity contribution in [2.75, 3.05) is 11.5 Å². The van der Waals surface area contributed by atoms with Gasteiger partial charge in [-0.1, -0.05) is 11.6 Å². The van der Waals surface area contributed by atoms with Crippen LogP contribution < -0.4 is 4.90 Å². The fraction of sp³-hybridized carbons (Fsp3) is 0.333. The summed E-state index contributed by atoms with van der Waals surface area (Å²) in [5, 5.41) is 18.0. The van der Waals surface area contributed by atoms with Gasteiger partial charge >= 0.3 is 12.3 Å². The minimum atomic E-state index is -4.90. The zero-order valence-corrected chi connectivity index (χ0v) is 11.0. The molecular formula is C12H8ClF3N2O3. The van der Waals surface area contributed by atoms with Gasteiger partial charge in [-0.2, -0.15) is 18.4 Å². The van der Waals surface area contributed by atoms with Gasteiger partial charge in [0.15, 0.2) is 6.10 Å². The number of ether oxygens (including phenoxy) is 1. The molecule has 2 rings (SSSR count). The number of hydrogen-bond acceptors (Lipinski definition) is 4. The van der Waals surface area contributed by atoms with Crippen LogP contribution in [0.4, 0.5) is 23.7 Å². The molecule has 1 fully saturated rings. The molecule has 2 atom stereocenters. The molecule has 1 saturated heterocycles. The molecule has 0 saturated carbocycles. The molecule has 9 heteroatoms. The number of amides is 1. The predicted molar refractivity (Wildman–Crippen MR) is 65.8 cm³/mol. The minimum absolute atomic E-state index is 0.00907. The number of carbonyl (C=O) groups is 1. The van der Waals surface area contributed by atoms with Crippen LogP contribution in [0.25, 0.3) is 0 Å². The molecule has 1 aromatic rings. The lowest BCUT2D eigenvalue weighted by molar-refractivity contribution is -0.209. The van der Waals surface area contributed by atoms with Crippen molar-refractivity contribution >= 4 is 23.4 Å². The number of nitriles is 1. The van der Waals surface area contributed by atoms with E-state index in [9.17, 15) is 23.1 Å². The summed E-state index contributed by atoms with van der Waals surface area (Å²) in [6.07, 6.45) is -8.67. The molecule has 0 bridgehead atoms. The summed E-state index contributed by atoms with van der Waals surface area (Å²) in [6, 6.07) is 3.87. The molecule has 112 valence electrons. The zero-order valence-electron chi connectivity index (χ0n) is 10.3. The van der Waals surface area contributed by atoms with Crippen molar-refractivity contribution in [2.45, 2.75) is 18.3 Å². The van der Waals surface area contributed by atoms with E-state index in [1.807, 2.05) is 0 Å². The summed E-state index contributed by atoms with van der Waals surface area (Å²) in [5.41, 5.74) is 0.121. The molecular weight excluding hydrogens is 313 g/mol. The van der Waals surface area contributed by atoms with Gasteiger partial charge < -0.3 is 9.84 Å². The molecule has 0 aliphatic carbocycles. The van der Waals surface area contributed by atoms with Crippen LogP contribution in [0.3, 0.4) is 0 Å². The van der Waals surface area contributed by atoms with E-state index in [0.717, 1.165) is 0 Å². The lowest BCUT2D eigenvalue weighted by Gasteiger charge is -2.27. The Morgan fingerprint density at radius 3 is 2.71 bits per heavy atom. The quantitative estimate of drug-likeness (QED) is 0.908. The monoisotopic (exact) mass is 320 g/mol. The fourth-order valence-corrected chi connectivity index (χ4v) is 2.15. The highest BCUT2D eigenvalue weighted by Gasteiger charge is 2.50. The molecule has 0 spiro atoms. The van der Waals surface area contributed by atoms with E-state index in [2.05, 4.69) is 4.74 Å². The molecule has 1 aromatic carbocycles. The third kappa shape index (κ3) is 2.89.